The van der Waals surface area contributed by atoms with E-state index in [2.05, 4.69) is 4.72 Å². The summed E-state index contributed by atoms with van der Waals surface area (Å²) in [7, 11) is -3.85. The van der Waals surface area contributed by atoms with Crippen LogP contribution < -0.4 is 4.72 Å². The van der Waals surface area contributed by atoms with Crippen LogP contribution in [-0.4, -0.2) is 38.1 Å². The molecule has 0 saturated carbocycles. The average Bonchev–Trinajstić information content (AvgIpc) is 2.63. The summed E-state index contributed by atoms with van der Waals surface area (Å²) in [4.78, 5) is 25.3. The van der Waals surface area contributed by atoms with Crippen molar-refractivity contribution < 1.29 is 18.0 Å². The minimum absolute atomic E-state index is 0.00569. The summed E-state index contributed by atoms with van der Waals surface area (Å²) in [5.41, 5.74) is 1.17. The molecule has 0 fully saturated rings. The summed E-state index contributed by atoms with van der Waals surface area (Å²) >= 11 is 0. The maximum atomic E-state index is 12.6. The Balaban J connectivity index is 2.27. The van der Waals surface area contributed by atoms with E-state index in [0.29, 0.717) is 29.9 Å². The number of rotatable bonds is 7. The number of benzene rings is 2. The molecule has 138 valence electrons. The predicted octanol–water partition coefficient (Wildman–Crippen LogP) is 3.17. The molecule has 2 rings (SSSR count). The number of carbonyl (C=O) groups is 2. The van der Waals surface area contributed by atoms with Gasteiger partial charge in [0.25, 0.3) is 15.9 Å². The molecule has 0 aliphatic rings. The first-order valence-corrected chi connectivity index (χ1v) is 9.80. The topological polar surface area (TPSA) is 83.6 Å². The number of carbonyl (C=O) groups excluding carboxylic acids is 2. The van der Waals surface area contributed by atoms with Gasteiger partial charge >= 0.3 is 0 Å². The second-order valence-electron chi connectivity index (χ2n) is 5.74. The number of hydrogen-bond acceptors (Lipinski definition) is 4. The zero-order valence-electron chi connectivity index (χ0n) is 15.0. The van der Waals surface area contributed by atoms with E-state index in [1.807, 2.05) is 13.8 Å². The van der Waals surface area contributed by atoms with Crippen molar-refractivity contribution in [2.45, 2.75) is 25.7 Å². The molecule has 1 amide bonds. The van der Waals surface area contributed by atoms with Crippen LogP contribution in [-0.2, 0) is 10.0 Å². The molecular formula is C19H22N2O4S. The van der Waals surface area contributed by atoms with E-state index in [1.54, 1.807) is 29.2 Å². The number of amides is 1. The highest BCUT2D eigenvalue weighted by Crippen LogP contribution is 2.19. The van der Waals surface area contributed by atoms with Crippen LogP contribution in [0.3, 0.4) is 0 Å². The number of nitrogens with one attached hydrogen (secondary N) is 1. The van der Waals surface area contributed by atoms with E-state index in [4.69, 9.17) is 0 Å². The summed E-state index contributed by atoms with van der Waals surface area (Å²) in [5, 5.41) is 0. The number of nitrogens with zero attached hydrogens (tertiary/aromatic N) is 1. The van der Waals surface area contributed by atoms with Crippen LogP contribution in [0.1, 0.15) is 41.5 Å². The van der Waals surface area contributed by atoms with Gasteiger partial charge in [-0.25, -0.2) is 8.42 Å². The summed E-state index contributed by atoms with van der Waals surface area (Å²) < 4.78 is 27.7. The van der Waals surface area contributed by atoms with Gasteiger partial charge < -0.3 is 4.90 Å². The molecule has 0 heterocycles. The van der Waals surface area contributed by atoms with Crippen molar-refractivity contribution in [1.29, 1.82) is 0 Å². The van der Waals surface area contributed by atoms with Crippen LogP contribution in [0.5, 0.6) is 0 Å². The summed E-state index contributed by atoms with van der Waals surface area (Å²) in [6.45, 7) is 6.28. The first-order valence-electron chi connectivity index (χ1n) is 8.31. The minimum atomic E-state index is -3.85. The van der Waals surface area contributed by atoms with Crippen molar-refractivity contribution >= 4 is 27.4 Å². The number of hydrogen-bond donors (Lipinski definition) is 1. The number of ketones is 1. The Morgan fingerprint density at radius 2 is 1.58 bits per heavy atom. The van der Waals surface area contributed by atoms with Crippen molar-refractivity contribution in [2.75, 3.05) is 17.8 Å². The normalized spacial score (nSPS) is 11.0. The van der Waals surface area contributed by atoms with Crippen LogP contribution in [0, 0.1) is 0 Å². The Morgan fingerprint density at radius 3 is 2.12 bits per heavy atom. The summed E-state index contributed by atoms with van der Waals surface area (Å²) in [6, 6.07) is 12.1. The van der Waals surface area contributed by atoms with E-state index in [9.17, 15) is 18.0 Å². The van der Waals surface area contributed by atoms with Crippen LogP contribution in [0.25, 0.3) is 0 Å². The molecule has 0 spiro atoms. The van der Waals surface area contributed by atoms with Crippen LogP contribution >= 0.6 is 0 Å². The molecule has 0 radical (unpaired) electrons. The fraction of sp³-hybridized carbons (Fsp3) is 0.263. The lowest BCUT2D eigenvalue weighted by Gasteiger charge is -2.19. The first kappa shape index (κ1) is 19.7. The molecule has 26 heavy (non-hydrogen) atoms. The second-order valence-corrected chi connectivity index (χ2v) is 7.43. The van der Waals surface area contributed by atoms with Gasteiger partial charge in [-0.1, -0.05) is 6.07 Å². The van der Waals surface area contributed by atoms with Gasteiger partial charge in [-0.3, -0.25) is 14.3 Å². The van der Waals surface area contributed by atoms with Crippen LogP contribution in [0.2, 0.25) is 0 Å². The Bertz CT molecular complexity index is 901. The molecule has 0 aromatic heterocycles. The van der Waals surface area contributed by atoms with E-state index in [0.717, 1.165) is 0 Å². The van der Waals surface area contributed by atoms with Crippen LogP contribution in [0.15, 0.2) is 53.4 Å². The van der Waals surface area contributed by atoms with Crippen molar-refractivity contribution in [2.24, 2.45) is 0 Å². The van der Waals surface area contributed by atoms with E-state index < -0.39 is 10.0 Å². The molecule has 6 nitrogen and oxygen atoms in total. The maximum absolute atomic E-state index is 12.6. The number of Topliss-reactive ketones (excluding diaryl/α,β-unsaturated/α-hetero) is 1. The molecule has 0 aliphatic carbocycles. The number of anilines is 1. The third-order valence-electron chi connectivity index (χ3n) is 3.99. The zero-order valence-corrected chi connectivity index (χ0v) is 15.8. The Morgan fingerprint density at radius 1 is 0.962 bits per heavy atom. The fourth-order valence-electron chi connectivity index (χ4n) is 2.48. The highest BCUT2D eigenvalue weighted by Gasteiger charge is 2.18. The lowest BCUT2D eigenvalue weighted by Crippen LogP contribution is -2.30. The standard InChI is InChI=1S/C19H22N2O4S/c1-4-21(5-2)19(23)16-7-6-8-18(13-16)26(24,25)20-17-11-9-15(10-12-17)14(3)22/h6-13,20H,4-5H2,1-3H3. The molecule has 0 atom stereocenters. The highest BCUT2D eigenvalue weighted by atomic mass is 32.2. The lowest BCUT2D eigenvalue weighted by atomic mass is 10.1. The molecule has 0 saturated heterocycles. The zero-order chi connectivity index (χ0) is 19.3. The number of sulfonamides is 1. The lowest BCUT2D eigenvalue weighted by molar-refractivity contribution is 0.0772. The SMILES string of the molecule is CCN(CC)C(=O)c1cccc(S(=O)(=O)Nc2ccc(C(C)=O)cc2)c1. The first-order chi connectivity index (χ1) is 12.3. The fourth-order valence-corrected chi connectivity index (χ4v) is 3.58. The van der Waals surface area contributed by atoms with Gasteiger partial charge in [-0.2, -0.15) is 0 Å². The van der Waals surface area contributed by atoms with Gasteiger partial charge in [0.15, 0.2) is 5.78 Å². The summed E-state index contributed by atoms with van der Waals surface area (Å²) in [5.74, 6) is -0.306. The summed E-state index contributed by atoms with van der Waals surface area (Å²) in [6.07, 6.45) is 0. The van der Waals surface area contributed by atoms with Crippen molar-refractivity contribution in [1.82, 2.24) is 4.90 Å². The minimum Gasteiger partial charge on any atom is -0.339 e. The van der Waals surface area contributed by atoms with Crippen molar-refractivity contribution in [3.63, 3.8) is 0 Å². The van der Waals surface area contributed by atoms with E-state index in [-0.39, 0.29) is 16.6 Å². The highest BCUT2D eigenvalue weighted by molar-refractivity contribution is 7.92. The molecule has 2 aromatic rings. The maximum Gasteiger partial charge on any atom is 0.261 e. The smallest absolute Gasteiger partial charge is 0.261 e. The molecule has 0 unspecified atom stereocenters. The average molecular weight is 374 g/mol. The Labute approximate surface area is 153 Å². The van der Waals surface area contributed by atoms with Crippen molar-refractivity contribution in [3.05, 3.63) is 59.7 Å². The van der Waals surface area contributed by atoms with Gasteiger partial charge in [-0.15, -0.1) is 0 Å². The third-order valence-corrected chi connectivity index (χ3v) is 5.36. The second kappa shape index (κ2) is 8.14. The predicted molar refractivity (Wildman–Crippen MR) is 101 cm³/mol. The van der Waals surface area contributed by atoms with E-state index in [1.165, 1.54) is 31.2 Å². The molecule has 2 aromatic carbocycles. The van der Waals surface area contributed by atoms with Crippen molar-refractivity contribution in [3.8, 4) is 0 Å². The third kappa shape index (κ3) is 4.49. The monoisotopic (exact) mass is 374 g/mol. The molecule has 0 aliphatic heterocycles. The molecule has 7 heteroatoms. The largest absolute Gasteiger partial charge is 0.339 e. The van der Waals surface area contributed by atoms with Crippen LogP contribution in [0.4, 0.5) is 5.69 Å². The van der Waals surface area contributed by atoms with Gasteiger partial charge in [0.1, 0.15) is 0 Å². The van der Waals surface area contributed by atoms with Gasteiger partial charge in [-0.05, 0) is 63.2 Å². The van der Waals surface area contributed by atoms with Gasteiger partial charge in [0.2, 0.25) is 0 Å². The Kier molecular flexibility index (Phi) is 6.15. The van der Waals surface area contributed by atoms with Gasteiger partial charge in [0.05, 0.1) is 4.90 Å². The van der Waals surface area contributed by atoms with Gasteiger partial charge in [0, 0.05) is 29.9 Å². The molecular weight excluding hydrogens is 352 g/mol. The quantitative estimate of drug-likeness (QED) is 0.755. The molecule has 0 bridgehead atoms. The van der Waals surface area contributed by atoms with E-state index >= 15 is 0 Å². The molecule has 1 N–H and O–H groups in total. The Hall–Kier alpha value is -2.67.